The monoisotopic (exact) mass is 259 g/mol. The number of aliphatic hydroxyl groups is 2. The van der Waals surface area contributed by atoms with Gasteiger partial charge < -0.3 is 14.9 Å². The Morgan fingerprint density at radius 2 is 2.18 bits per heavy atom. The molecule has 2 unspecified atom stereocenters. The fourth-order valence-corrected chi connectivity index (χ4v) is 1.66. The Balaban J connectivity index is 3.31. The lowest BCUT2D eigenvalue weighted by Crippen LogP contribution is -2.21. The average molecular weight is 259 g/mol. The van der Waals surface area contributed by atoms with Gasteiger partial charge in [-0.1, -0.05) is 6.07 Å². The predicted molar refractivity (Wildman–Crippen MR) is 64.5 cm³/mol. The van der Waals surface area contributed by atoms with Gasteiger partial charge in [-0.15, -0.1) is 0 Å². The highest BCUT2D eigenvalue weighted by molar-refractivity contribution is 7.80. The normalized spacial score (nSPS) is 14.1. The van der Waals surface area contributed by atoms with E-state index >= 15 is 0 Å². The third kappa shape index (κ3) is 2.87. The topological polar surface area (TPSA) is 92.8 Å². The summed E-state index contributed by atoms with van der Waals surface area (Å²) >= 11 is 3.83. The molecule has 6 nitrogen and oxygen atoms in total. The third-order valence-corrected chi connectivity index (χ3v) is 2.68. The molecule has 0 aliphatic rings. The molecule has 0 radical (unpaired) electrons. The Morgan fingerprint density at radius 1 is 1.53 bits per heavy atom. The first-order valence-electron chi connectivity index (χ1n) is 4.81. The number of thiol groups is 1. The molecule has 0 aromatic heterocycles. The Labute approximate surface area is 103 Å². The molecule has 1 rings (SSSR count). The van der Waals surface area contributed by atoms with Gasteiger partial charge in [-0.2, -0.15) is 12.6 Å². The molecule has 0 amide bonds. The molecule has 0 saturated carbocycles. The van der Waals surface area contributed by atoms with Crippen molar-refractivity contribution in [1.29, 1.82) is 0 Å². The highest BCUT2D eigenvalue weighted by atomic mass is 32.1. The van der Waals surface area contributed by atoms with E-state index in [0.717, 1.165) is 0 Å². The molecular weight excluding hydrogens is 246 g/mol. The quantitative estimate of drug-likeness (QED) is 0.415. The van der Waals surface area contributed by atoms with E-state index in [1.807, 2.05) is 0 Å². The Morgan fingerprint density at radius 3 is 2.65 bits per heavy atom. The first kappa shape index (κ1) is 13.8. The Kier molecular flexibility index (Phi) is 4.73. The highest BCUT2D eigenvalue weighted by Crippen LogP contribution is 2.35. The molecule has 0 fully saturated rings. The van der Waals surface area contributed by atoms with Gasteiger partial charge in [0, 0.05) is 11.8 Å². The molecule has 1 aromatic carbocycles. The van der Waals surface area contributed by atoms with E-state index in [9.17, 15) is 20.3 Å². The fraction of sp³-hybridized carbons (Fsp3) is 0.400. The molecule has 0 aliphatic carbocycles. The number of ether oxygens (including phenoxy) is 1. The highest BCUT2D eigenvalue weighted by Gasteiger charge is 2.29. The minimum atomic E-state index is -1.41. The summed E-state index contributed by atoms with van der Waals surface area (Å²) in [6.45, 7) is 0. The van der Waals surface area contributed by atoms with Crippen molar-refractivity contribution in [3.05, 3.63) is 33.9 Å². The average Bonchev–Trinajstić information content (AvgIpc) is 2.35. The lowest BCUT2D eigenvalue weighted by Gasteiger charge is -2.18. The van der Waals surface area contributed by atoms with E-state index in [1.165, 1.54) is 25.3 Å². The van der Waals surface area contributed by atoms with Crippen molar-refractivity contribution < 1.29 is 19.9 Å². The van der Waals surface area contributed by atoms with Crippen molar-refractivity contribution in [2.45, 2.75) is 12.2 Å². The van der Waals surface area contributed by atoms with Crippen molar-refractivity contribution >= 4 is 18.3 Å². The molecule has 7 heteroatoms. The van der Waals surface area contributed by atoms with E-state index < -0.39 is 17.1 Å². The number of nitrogens with zero attached hydrogens (tertiary/aromatic N) is 1. The number of benzene rings is 1. The minimum absolute atomic E-state index is 0.0175. The largest absolute Gasteiger partial charge is 0.496 e. The summed E-state index contributed by atoms with van der Waals surface area (Å²) in [6.07, 6.45) is -2.61. The molecule has 17 heavy (non-hydrogen) atoms. The molecule has 1 aromatic rings. The number of rotatable bonds is 5. The minimum Gasteiger partial charge on any atom is -0.496 e. The number of aliphatic hydroxyl groups excluding tert-OH is 2. The van der Waals surface area contributed by atoms with Crippen LogP contribution in [0.15, 0.2) is 18.2 Å². The summed E-state index contributed by atoms with van der Waals surface area (Å²) in [5.41, 5.74) is -0.334. The van der Waals surface area contributed by atoms with Crippen LogP contribution < -0.4 is 4.74 Å². The van der Waals surface area contributed by atoms with E-state index in [-0.39, 0.29) is 22.8 Å². The van der Waals surface area contributed by atoms with E-state index in [0.29, 0.717) is 0 Å². The van der Waals surface area contributed by atoms with Gasteiger partial charge in [-0.3, -0.25) is 10.1 Å². The SMILES string of the molecule is COc1cccc([N+](=O)[O-])c1C(O)C(O)CS. The third-order valence-electron chi connectivity index (χ3n) is 2.31. The second kappa shape index (κ2) is 5.85. The standard InChI is InChI=1S/C10H13NO5S/c1-16-8-4-2-3-6(11(14)15)9(8)10(13)7(12)5-17/h2-4,7,10,12-13,17H,5H2,1H3. The summed E-state index contributed by atoms with van der Waals surface area (Å²) in [7, 11) is 1.34. The van der Waals surface area contributed by atoms with Gasteiger partial charge in [0.1, 0.15) is 17.4 Å². The number of hydrogen-bond acceptors (Lipinski definition) is 6. The summed E-state index contributed by atoms with van der Waals surface area (Å²) in [5.74, 6) is 0.142. The summed E-state index contributed by atoms with van der Waals surface area (Å²) in [5, 5.41) is 30.2. The van der Waals surface area contributed by atoms with Gasteiger partial charge in [-0.05, 0) is 6.07 Å². The van der Waals surface area contributed by atoms with Crippen LogP contribution in [0.1, 0.15) is 11.7 Å². The van der Waals surface area contributed by atoms with Gasteiger partial charge in [0.15, 0.2) is 0 Å². The number of methoxy groups -OCH3 is 1. The summed E-state index contributed by atoms with van der Waals surface area (Å²) in [6, 6.07) is 4.17. The lowest BCUT2D eigenvalue weighted by molar-refractivity contribution is -0.386. The molecule has 94 valence electrons. The van der Waals surface area contributed by atoms with Crippen molar-refractivity contribution in [1.82, 2.24) is 0 Å². The van der Waals surface area contributed by atoms with Gasteiger partial charge in [0.2, 0.25) is 0 Å². The second-order valence-corrected chi connectivity index (χ2v) is 3.71. The number of nitro benzene ring substituents is 1. The molecule has 0 heterocycles. The van der Waals surface area contributed by atoms with E-state index in [4.69, 9.17) is 4.74 Å². The Bertz CT molecular complexity index is 412. The molecule has 0 bridgehead atoms. The van der Waals surface area contributed by atoms with E-state index in [2.05, 4.69) is 12.6 Å². The second-order valence-electron chi connectivity index (χ2n) is 3.34. The smallest absolute Gasteiger partial charge is 0.279 e. The molecule has 0 aliphatic heterocycles. The van der Waals surface area contributed by atoms with Crippen LogP contribution in [-0.4, -0.2) is 34.1 Å². The van der Waals surface area contributed by atoms with Crippen LogP contribution >= 0.6 is 12.6 Å². The van der Waals surface area contributed by atoms with Crippen LogP contribution in [0.25, 0.3) is 0 Å². The molecule has 2 N–H and O–H groups in total. The van der Waals surface area contributed by atoms with Crippen LogP contribution in [0.3, 0.4) is 0 Å². The van der Waals surface area contributed by atoms with Gasteiger partial charge in [0.05, 0.1) is 18.1 Å². The van der Waals surface area contributed by atoms with Crippen molar-refractivity contribution in [3.63, 3.8) is 0 Å². The van der Waals surface area contributed by atoms with Crippen LogP contribution in [0.2, 0.25) is 0 Å². The van der Waals surface area contributed by atoms with Crippen LogP contribution in [0, 0.1) is 10.1 Å². The molecule has 0 spiro atoms. The molecule has 2 atom stereocenters. The maximum absolute atomic E-state index is 10.8. The maximum Gasteiger partial charge on any atom is 0.279 e. The van der Waals surface area contributed by atoms with Crippen molar-refractivity contribution in [2.75, 3.05) is 12.9 Å². The van der Waals surface area contributed by atoms with Crippen molar-refractivity contribution in [2.24, 2.45) is 0 Å². The van der Waals surface area contributed by atoms with Crippen molar-refractivity contribution in [3.8, 4) is 5.75 Å². The van der Waals surface area contributed by atoms with Crippen LogP contribution in [0.4, 0.5) is 5.69 Å². The summed E-state index contributed by atoms with van der Waals surface area (Å²) < 4.78 is 4.95. The Hall–Kier alpha value is -1.31. The fourth-order valence-electron chi connectivity index (χ4n) is 1.46. The first-order valence-corrected chi connectivity index (χ1v) is 5.44. The molecular formula is C10H13NO5S. The number of nitro groups is 1. The van der Waals surface area contributed by atoms with Crippen LogP contribution in [0.5, 0.6) is 5.75 Å². The zero-order chi connectivity index (χ0) is 13.0. The summed E-state index contributed by atoms with van der Waals surface area (Å²) in [4.78, 5) is 10.2. The maximum atomic E-state index is 10.8. The number of hydrogen-bond donors (Lipinski definition) is 3. The molecule has 0 saturated heterocycles. The van der Waals surface area contributed by atoms with E-state index in [1.54, 1.807) is 0 Å². The zero-order valence-corrected chi connectivity index (χ0v) is 10.0. The predicted octanol–water partition coefficient (Wildman–Crippen LogP) is 0.927. The van der Waals surface area contributed by atoms with Crippen LogP contribution in [-0.2, 0) is 0 Å². The first-order chi connectivity index (χ1) is 8.02. The van der Waals surface area contributed by atoms with Gasteiger partial charge >= 0.3 is 0 Å². The zero-order valence-electron chi connectivity index (χ0n) is 9.11. The van der Waals surface area contributed by atoms with Gasteiger partial charge in [0.25, 0.3) is 5.69 Å². The van der Waals surface area contributed by atoms with Gasteiger partial charge in [-0.25, -0.2) is 0 Å². The lowest BCUT2D eigenvalue weighted by atomic mass is 10.0.